The molecule has 1 aromatic heterocycles. The van der Waals surface area contributed by atoms with E-state index in [1.807, 2.05) is 0 Å². The van der Waals surface area contributed by atoms with Gasteiger partial charge < -0.3 is 25.8 Å². The lowest BCUT2D eigenvalue weighted by atomic mass is 10.0. The summed E-state index contributed by atoms with van der Waals surface area (Å²) >= 11 is 0. The van der Waals surface area contributed by atoms with Gasteiger partial charge in [0.1, 0.15) is 24.1 Å². The van der Waals surface area contributed by atoms with Crippen LogP contribution in [0.15, 0.2) is 0 Å². The van der Waals surface area contributed by atoms with E-state index in [1.54, 1.807) is 6.92 Å². The first-order valence-corrected chi connectivity index (χ1v) is 4.85. The zero-order valence-corrected chi connectivity index (χ0v) is 8.69. The van der Waals surface area contributed by atoms with Gasteiger partial charge in [-0.25, -0.2) is 4.68 Å². The molecule has 0 saturated carbocycles. The maximum absolute atomic E-state index is 9.73. The topological polar surface area (TPSA) is 127 Å². The van der Waals surface area contributed by atoms with Crippen molar-refractivity contribution >= 4 is 5.95 Å². The number of nitrogens with zero attached hydrogens (tertiary/aromatic N) is 3. The Labute approximate surface area is 91.3 Å². The normalized spacial score (nSPS) is 35.2. The van der Waals surface area contributed by atoms with Crippen molar-refractivity contribution in [2.24, 2.45) is 0 Å². The molecule has 1 fully saturated rings. The van der Waals surface area contributed by atoms with E-state index in [0.717, 1.165) is 0 Å². The van der Waals surface area contributed by atoms with Crippen LogP contribution in [0.2, 0.25) is 0 Å². The van der Waals surface area contributed by atoms with Gasteiger partial charge in [-0.05, 0) is 6.92 Å². The Balaban J connectivity index is 2.25. The highest BCUT2D eigenvalue weighted by Gasteiger charge is 2.39. The summed E-state index contributed by atoms with van der Waals surface area (Å²) in [6.45, 7) is 1.57. The monoisotopic (exact) mass is 230 g/mol. The maximum atomic E-state index is 9.73. The number of aromatic nitrogens is 3. The fourth-order valence-corrected chi connectivity index (χ4v) is 1.67. The zero-order valence-electron chi connectivity index (χ0n) is 8.69. The van der Waals surface area contributed by atoms with E-state index < -0.39 is 24.5 Å². The molecule has 0 amide bonds. The van der Waals surface area contributed by atoms with Crippen LogP contribution in [0.1, 0.15) is 12.1 Å². The second-order valence-corrected chi connectivity index (χ2v) is 3.73. The molecule has 5 N–H and O–H groups in total. The lowest BCUT2D eigenvalue weighted by molar-refractivity contribution is -0.214. The van der Waals surface area contributed by atoms with Crippen LogP contribution in [0.3, 0.4) is 0 Å². The number of anilines is 1. The third-order valence-corrected chi connectivity index (χ3v) is 2.53. The van der Waals surface area contributed by atoms with Crippen LogP contribution in [-0.4, -0.2) is 55.0 Å². The van der Waals surface area contributed by atoms with Gasteiger partial charge in [0.15, 0.2) is 6.23 Å². The molecule has 90 valence electrons. The van der Waals surface area contributed by atoms with E-state index >= 15 is 0 Å². The molecule has 1 aromatic rings. The molecule has 2 rings (SSSR count). The van der Waals surface area contributed by atoms with Crippen LogP contribution < -0.4 is 5.73 Å². The van der Waals surface area contributed by atoms with E-state index in [9.17, 15) is 15.3 Å². The Morgan fingerprint density at radius 1 is 1.38 bits per heavy atom. The van der Waals surface area contributed by atoms with Gasteiger partial charge in [0.05, 0.1) is 6.61 Å². The highest BCUT2D eigenvalue weighted by Crippen LogP contribution is 2.24. The van der Waals surface area contributed by atoms with Gasteiger partial charge in [0.2, 0.25) is 5.95 Å². The molecule has 16 heavy (non-hydrogen) atoms. The Bertz CT molecular complexity index is 382. The number of rotatable bonds is 1. The molecule has 0 aromatic carbocycles. The van der Waals surface area contributed by atoms with Crippen LogP contribution in [-0.2, 0) is 4.74 Å². The van der Waals surface area contributed by atoms with Crippen LogP contribution in [0, 0.1) is 6.92 Å². The van der Waals surface area contributed by atoms with Crippen LogP contribution in [0.25, 0.3) is 0 Å². The van der Waals surface area contributed by atoms with Crippen molar-refractivity contribution in [2.75, 3.05) is 12.3 Å². The summed E-state index contributed by atoms with van der Waals surface area (Å²) in [4.78, 5) is 3.86. The number of hydrogen-bond acceptors (Lipinski definition) is 7. The highest BCUT2D eigenvalue weighted by atomic mass is 16.5. The summed E-state index contributed by atoms with van der Waals surface area (Å²) in [6.07, 6.45) is -4.54. The summed E-state index contributed by atoms with van der Waals surface area (Å²) in [5, 5.41) is 32.4. The molecule has 1 saturated heterocycles. The third-order valence-electron chi connectivity index (χ3n) is 2.53. The Morgan fingerprint density at radius 3 is 2.62 bits per heavy atom. The Kier molecular flexibility index (Phi) is 2.80. The summed E-state index contributed by atoms with van der Waals surface area (Å²) in [6, 6.07) is 0. The van der Waals surface area contributed by atoms with Crippen molar-refractivity contribution in [1.29, 1.82) is 0 Å². The van der Waals surface area contributed by atoms with Crippen LogP contribution in [0.4, 0.5) is 5.95 Å². The van der Waals surface area contributed by atoms with Crippen LogP contribution in [0.5, 0.6) is 0 Å². The summed E-state index contributed by atoms with van der Waals surface area (Å²) in [7, 11) is 0. The van der Waals surface area contributed by atoms with E-state index in [-0.39, 0.29) is 12.6 Å². The SMILES string of the molecule is Cc1nc(N)nn1[C@@H]1OC[C@H](O)[C@H](O)[C@H]1O. The molecule has 0 bridgehead atoms. The first kappa shape index (κ1) is 11.3. The zero-order chi connectivity index (χ0) is 11.9. The largest absolute Gasteiger partial charge is 0.388 e. The average molecular weight is 230 g/mol. The number of aliphatic hydroxyl groups is 3. The standard InChI is InChI=1S/C8H14N4O4/c1-3-10-8(9)11-12(3)7-6(15)5(14)4(13)2-16-7/h4-7,13-15H,2H2,1H3,(H2,9,11)/t4-,5-,6+,7+/m0/s1. The fraction of sp³-hybridized carbons (Fsp3) is 0.750. The molecule has 2 heterocycles. The van der Waals surface area contributed by atoms with Gasteiger partial charge in [-0.2, -0.15) is 4.98 Å². The van der Waals surface area contributed by atoms with Crippen molar-refractivity contribution in [3.8, 4) is 0 Å². The minimum absolute atomic E-state index is 0.0638. The number of nitrogens with two attached hydrogens (primary N) is 1. The molecule has 1 aliphatic heterocycles. The smallest absolute Gasteiger partial charge is 0.239 e. The van der Waals surface area contributed by atoms with Gasteiger partial charge in [-0.3, -0.25) is 0 Å². The predicted molar refractivity (Wildman–Crippen MR) is 52.2 cm³/mol. The molecule has 8 heteroatoms. The van der Waals surface area contributed by atoms with Gasteiger partial charge in [0, 0.05) is 0 Å². The van der Waals surface area contributed by atoms with Crippen molar-refractivity contribution in [2.45, 2.75) is 31.5 Å². The Morgan fingerprint density at radius 2 is 2.06 bits per heavy atom. The second kappa shape index (κ2) is 3.98. The lowest BCUT2D eigenvalue weighted by Gasteiger charge is -2.35. The quantitative estimate of drug-likeness (QED) is 0.430. The third kappa shape index (κ3) is 1.76. The molecule has 0 unspecified atom stereocenters. The predicted octanol–water partition coefficient (Wildman–Crippen LogP) is -2.22. The molecule has 4 atom stereocenters. The van der Waals surface area contributed by atoms with Gasteiger partial charge in [-0.1, -0.05) is 0 Å². The molecule has 8 nitrogen and oxygen atoms in total. The van der Waals surface area contributed by atoms with Crippen molar-refractivity contribution in [3.63, 3.8) is 0 Å². The minimum Gasteiger partial charge on any atom is -0.388 e. The molecule has 1 aliphatic rings. The van der Waals surface area contributed by atoms with E-state index in [0.29, 0.717) is 5.82 Å². The number of hydrogen-bond donors (Lipinski definition) is 4. The van der Waals surface area contributed by atoms with Gasteiger partial charge in [0.25, 0.3) is 0 Å². The van der Waals surface area contributed by atoms with Crippen molar-refractivity contribution < 1.29 is 20.1 Å². The highest BCUT2D eigenvalue weighted by molar-refractivity contribution is 5.13. The summed E-state index contributed by atoms with van der Waals surface area (Å²) in [5.74, 6) is 0.527. The van der Waals surface area contributed by atoms with Crippen LogP contribution >= 0.6 is 0 Å². The first-order chi connectivity index (χ1) is 7.50. The lowest BCUT2D eigenvalue weighted by Crippen LogP contribution is -2.51. The maximum Gasteiger partial charge on any atom is 0.239 e. The number of nitrogen functional groups attached to an aromatic ring is 1. The average Bonchev–Trinajstić information content (AvgIpc) is 2.55. The van der Waals surface area contributed by atoms with Crippen molar-refractivity contribution in [1.82, 2.24) is 14.8 Å². The summed E-state index contributed by atoms with van der Waals surface area (Å²) in [5.41, 5.74) is 5.40. The van der Waals surface area contributed by atoms with E-state index in [2.05, 4.69) is 10.1 Å². The van der Waals surface area contributed by atoms with E-state index in [1.165, 1.54) is 4.68 Å². The van der Waals surface area contributed by atoms with Crippen molar-refractivity contribution in [3.05, 3.63) is 5.82 Å². The molecule has 0 radical (unpaired) electrons. The number of aliphatic hydroxyl groups excluding tert-OH is 3. The Hall–Kier alpha value is -1.22. The molecular formula is C8H14N4O4. The van der Waals surface area contributed by atoms with E-state index in [4.69, 9.17) is 10.5 Å². The number of aryl methyl sites for hydroxylation is 1. The molecular weight excluding hydrogens is 216 g/mol. The molecule has 0 spiro atoms. The molecule has 0 aliphatic carbocycles. The number of ether oxygens (including phenoxy) is 1. The fourth-order valence-electron chi connectivity index (χ4n) is 1.67. The first-order valence-electron chi connectivity index (χ1n) is 4.85. The van der Waals surface area contributed by atoms with Gasteiger partial charge >= 0.3 is 0 Å². The summed E-state index contributed by atoms with van der Waals surface area (Å²) < 4.78 is 6.48. The second-order valence-electron chi connectivity index (χ2n) is 3.73. The van der Waals surface area contributed by atoms with Gasteiger partial charge in [-0.15, -0.1) is 5.10 Å². The minimum atomic E-state index is -1.27.